The molecule has 0 saturated carbocycles. The molecule has 0 atom stereocenters. The van der Waals surface area contributed by atoms with E-state index in [4.69, 9.17) is 15.6 Å². The highest BCUT2D eigenvalue weighted by molar-refractivity contribution is 7.11. The minimum Gasteiger partial charge on any atom is -0.471 e. The number of aromatic nitrogens is 1. The summed E-state index contributed by atoms with van der Waals surface area (Å²) in [6.45, 7) is 7.17. The number of nitrogens with two attached hydrogens (primary N) is 1. The Labute approximate surface area is 212 Å². The van der Waals surface area contributed by atoms with Crippen LogP contribution in [-0.4, -0.2) is 83.6 Å². The number of unbranched alkanes of at least 4 members (excludes halogenated alkanes) is 1. The number of aliphatic hydroxyl groups is 1. The first-order valence-electron chi connectivity index (χ1n) is 11.8. The molecular formula is C23H32F2N6O4S. The van der Waals surface area contributed by atoms with Crippen LogP contribution in [-0.2, 0) is 6.61 Å². The van der Waals surface area contributed by atoms with Gasteiger partial charge in [0.05, 0.1) is 6.61 Å². The van der Waals surface area contributed by atoms with Crippen LogP contribution in [0.15, 0.2) is 12.1 Å². The van der Waals surface area contributed by atoms with Crippen LogP contribution in [0.2, 0.25) is 0 Å². The van der Waals surface area contributed by atoms with Gasteiger partial charge in [-0.25, -0.2) is 13.6 Å². The van der Waals surface area contributed by atoms with E-state index in [1.165, 1.54) is 6.92 Å². The Hall–Kier alpha value is -2.87. The Bertz CT molecular complexity index is 1050. The van der Waals surface area contributed by atoms with Gasteiger partial charge < -0.3 is 25.8 Å². The number of nitrogens with one attached hydrogen (secondary N) is 2. The lowest BCUT2D eigenvalue weighted by Gasteiger charge is -2.34. The molecule has 198 valence electrons. The minimum atomic E-state index is -0.872. The number of halogens is 2. The van der Waals surface area contributed by atoms with Crippen LogP contribution in [0, 0.1) is 18.6 Å². The molecule has 0 bridgehead atoms. The van der Waals surface area contributed by atoms with Crippen molar-refractivity contribution in [3.8, 4) is 5.88 Å². The Kier molecular flexibility index (Phi) is 10.3. The van der Waals surface area contributed by atoms with Crippen LogP contribution in [0.4, 0.5) is 18.6 Å². The monoisotopic (exact) mass is 526 g/mol. The molecule has 3 amide bonds. The van der Waals surface area contributed by atoms with Crippen LogP contribution in [0.1, 0.15) is 34.3 Å². The average molecular weight is 527 g/mol. The van der Waals surface area contributed by atoms with Crippen molar-refractivity contribution < 1.29 is 28.2 Å². The molecule has 10 nitrogen and oxygen atoms in total. The van der Waals surface area contributed by atoms with Crippen LogP contribution in [0.5, 0.6) is 5.88 Å². The van der Waals surface area contributed by atoms with Gasteiger partial charge in [-0.15, -0.1) is 0 Å². The smallest absolute Gasteiger partial charge is 0.319 e. The van der Waals surface area contributed by atoms with Gasteiger partial charge in [-0.2, -0.15) is 4.37 Å². The summed E-state index contributed by atoms with van der Waals surface area (Å²) in [4.78, 5) is 28.8. The van der Waals surface area contributed by atoms with Gasteiger partial charge in [0.25, 0.3) is 5.91 Å². The molecule has 2 aromatic rings. The first kappa shape index (κ1) is 27.7. The summed E-state index contributed by atoms with van der Waals surface area (Å²) < 4.78 is 37.2. The highest BCUT2D eigenvalue weighted by Gasteiger charge is 2.22. The molecule has 36 heavy (non-hydrogen) atoms. The summed E-state index contributed by atoms with van der Waals surface area (Å²) in [5, 5.41) is 14.4. The molecule has 5 N–H and O–H groups in total. The number of benzene rings is 1. The quantitative estimate of drug-likeness (QED) is 0.311. The number of β-amino-alcohol motifs (C(OH)–C–C–N with tert-alkyl or cyclic N) is 1. The minimum absolute atomic E-state index is 0.0409. The van der Waals surface area contributed by atoms with Gasteiger partial charge in [-0.3, -0.25) is 15.0 Å². The largest absolute Gasteiger partial charge is 0.471 e. The number of nitrogens with zero attached hydrogens (tertiary/aromatic N) is 3. The number of hydrogen-bond donors (Lipinski definition) is 4. The van der Waals surface area contributed by atoms with Gasteiger partial charge in [-0.1, -0.05) is 0 Å². The third kappa shape index (κ3) is 7.82. The van der Waals surface area contributed by atoms with E-state index >= 15 is 0 Å². The lowest BCUT2D eigenvalue weighted by molar-refractivity contribution is 0.0996. The molecule has 1 aliphatic heterocycles. The standard InChI is InChI=1S/C23H32F2N6O4S/c1-15-12-18(25)16(13-17(15)24)14-35-21-19(20(26)33)22(36-29-21)28-23(34)27-4-2-3-5-30-6-8-31(9-7-30)10-11-32/h12-13,32H,2-11,14H2,1H3,(H2,26,33)(H2,27,28,34). The number of aryl methyl sites for hydroxylation is 1. The number of amides is 3. The van der Waals surface area contributed by atoms with Gasteiger partial charge >= 0.3 is 6.03 Å². The van der Waals surface area contributed by atoms with Crippen molar-refractivity contribution in [2.24, 2.45) is 5.73 Å². The number of ether oxygens (including phenoxy) is 1. The van der Waals surface area contributed by atoms with Gasteiger partial charge in [0, 0.05) is 44.8 Å². The number of anilines is 1. The van der Waals surface area contributed by atoms with E-state index in [0.717, 1.165) is 69.2 Å². The van der Waals surface area contributed by atoms with E-state index in [9.17, 15) is 18.4 Å². The molecule has 1 aromatic heterocycles. The summed E-state index contributed by atoms with van der Waals surface area (Å²) in [6.07, 6.45) is 1.70. The maximum Gasteiger partial charge on any atom is 0.319 e. The van der Waals surface area contributed by atoms with Crippen molar-refractivity contribution in [3.63, 3.8) is 0 Å². The molecule has 0 aliphatic carbocycles. The van der Waals surface area contributed by atoms with Crippen molar-refractivity contribution >= 4 is 28.5 Å². The Balaban J connectivity index is 1.43. The number of urea groups is 1. The second-order valence-corrected chi connectivity index (χ2v) is 9.31. The maximum atomic E-state index is 14.1. The van der Waals surface area contributed by atoms with Gasteiger partial charge in [0.15, 0.2) is 0 Å². The van der Waals surface area contributed by atoms with Gasteiger partial charge in [0.1, 0.15) is 28.8 Å². The van der Waals surface area contributed by atoms with E-state index < -0.39 is 23.6 Å². The predicted octanol–water partition coefficient (Wildman–Crippen LogP) is 1.92. The molecule has 1 fully saturated rings. The summed E-state index contributed by atoms with van der Waals surface area (Å²) in [5.41, 5.74) is 5.42. The number of rotatable bonds is 12. The highest BCUT2D eigenvalue weighted by Crippen LogP contribution is 2.31. The normalized spacial score (nSPS) is 14.6. The fourth-order valence-corrected chi connectivity index (χ4v) is 4.54. The van der Waals surface area contributed by atoms with Crippen LogP contribution < -0.4 is 21.1 Å². The van der Waals surface area contributed by atoms with E-state index in [2.05, 4.69) is 24.8 Å². The molecule has 2 heterocycles. The van der Waals surface area contributed by atoms with E-state index in [1.807, 2.05) is 0 Å². The van der Waals surface area contributed by atoms with Crippen molar-refractivity contribution in [1.29, 1.82) is 0 Å². The number of carbonyl (C=O) groups excluding carboxylic acids is 2. The first-order chi connectivity index (χ1) is 17.3. The average Bonchev–Trinajstić information content (AvgIpc) is 3.24. The molecule has 3 rings (SSSR count). The number of piperazine rings is 1. The summed E-state index contributed by atoms with van der Waals surface area (Å²) in [5.74, 6) is -2.26. The highest BCUT2D eigenvalue weighted by atomic mass is 32.1. The molecule has 0 radical (unpaired) electrons. The zero-order chi connectivity index (χ0) is 26.1. The van der Waals surface area contributed by atoms with Gasteiger partial charge in [-0.05, 0) is 55.5 Å². The molecular weight excluding hydrogens is 494 g/mol. The van der Waals surface area contributed by atoms with Crippen LogP contribution in [0.3, 0.4) is 0 Å². The zero-order valence-corrected chi connectivity index (χ0v) is 21.0. The van der Waals surface area contributed by atoms with Crippen molar-refractivity contribution in [2.75, 3.05) is 57.7 Å². The maximum absolute atomic E-state index is 14.1. The summed E-state index contributed by atoms with van der Waals surface area (Å²) >= 11 is 0.802. The number of hydrogen-bond acceptors (Lipinski definition) is 8. The lowest BCUT2D eigenvalue weighted by atomic mass is 10.1. The van der Waals surface area contributed by atoms with Crippen LogP contribution in [0.25, 0.3) is 0 Å². The molecule has 0 spiro atoms. The first-order valence-corrected chi connectivity index (χ1v) is 12.5. The Morgan fingerprint density at radius 1 is 1.14 bits per heavy atom. The lowest BCUT2D eigenvalue weighted by Crippen LogP contribution is -2.47. The van der Waals surface area contributed by atoms with Gasteiger partial charge in [0.2, 0.25) is 5.88 Å². The third-order valence-electron chi connectivity index (χ3n) is 5.89. The second-order valence-electron chi connectivity index (χ2n) is 8.53. The molecule has 1 aliphatic rings. The van der Waals surface area contributed by atoms with Crippen molar-refractivity contribution in [2.45, 2.75) is 26.4 Å². The SMILES string of the molecule is Cc1cc(F)c(COc2nsc(NC(=O)NCCCCN3CCN(CCO)CC3)c2C(N)=O)cc1F. The van der Waals surface area contributed by atoms with Crippen LogP contribution >= 0.6 is 11.5 Å². The van der Waals surface area contributed by atoms with Crippen molar-refractivity contribution in [3.05, 3.63) is 40.5 Å². The fourth-order valence-electron chi connectivity index (χ4n) is 3.81. The predicted molar refractivity (Wildman–Crippen MR) is 132 cm³/mol. The number of carbonyl (C=O) groups is 2. The molecule has 1 saturated heterocycles. The van der Waals surface area contributed by atoms with E-state index in [1.54, 1.807) is 0 Å². The van der Waals surface area contributed by atoms with Crippen molar-refractivity contribution in [1.82, 2.24) is 19.5 Å². The van der Waals surface area contributed by atoms with E-state index in [0.29, 0.717) is 13.1 Å². The number of primary amides is 1. The topological polar surface area (TPSA) is 133 Å². The molecule has 1 aromatic carbocycles. The Morgan fingerprint density at radius 3 is 2.50 bits per heavy atom. The van der Waals surface area contributed by atoms with E-state index in [-0.39, 0.29) is 40.8 Å². The summed E-state index contributed by atoms with van der Waals surface area (Å²) in [7, 11) is 0. The zero-order valence-electron chi connectivity index (χ0n) is 20.2. The molecule has 13 heteroatoms. The molecule has 0 unspecified atom stereocenters. The third-order valence-corrected chi connectivity index (χ3v) is 6.64. The number of aliphatic hydroxyl groups excluding tert-OH is 1. The second kappa shape index (κ2) is 13.4. The Morgan fingerprint density at radius 2 is 1.83 bits per heavy atom. The summed E-state index contributed by atoms with van der Waals surface area (Å²) in [6, 6.07) is 1.56. The fraction of sp³-hybridized carbons (Fsp3) is 0.522.